The summed E-state index contributed by atoms with van der Waals surface area (Å²) in [6.07, 6.45) is 2.06. The Morgan fingerprint density at radius 1 is 1.33 bits per heavy atom. The van der Waals surface area contributed by atoms with E-state index < -0.39 is 0 Å². The zero-order valence-electron chi connectivity index (χ0n) is 9.41. The van der Waals surface area contributed by atoms with Crippen LogP contribution < -0.4 is 5.73 Å². The molecule has 5 heteroatoms. The van der Waals surface area contributed by atoms with Crippen molar-refractivity contribution in [2.45, 2.75) is 12.5 Å². The van der Waals surface area contributed by atoms with Crippen molar-refractivity contribution < 1.29 is 4.39 Å². The second-order valence-electron chi connectivity index (χ2n) is 3.95. The third kappa shape index (κ3) is 3.28. The van der Waals surface area contributed by atoms with Crippen molar-refractivity contribution in [1.29, 1.82) is 0 Å². The zero-order chi connectivity index (χ0) is 13.1. The fourth-order valence-corrected chi connectivity index (χ4v) is 2.03. The standard InChI is InChI=1S/C13H11BrClFN2/c14-9-2-4-13(18-7-9)12(17)5-8-1-3-10(15)6-11(8)16/h1-4,6-7,12H,5,17H2. The smallest absolute Gasteiger partial charge is 0.127 e. The summed E-state index contributed by atoms with van der Waals surface area (Å²) in [6, 6.07) is 7.94. The van der Waals surface area contributed by atoms with Gasteiger partial charge >= 0.3 is 0 Å². The quantitative estimate of drug-likeness (QED) is 0.928. The molecule has 0 amide bonds. The third-order valence-electron chi connectivity index (χ3n) is 2.59. The van der Waals surface area contributed by atoms with Crippen LogP contribution in [0.15, 0.2) is 41.0 Å². The van der Waals surface area contributed by atoms with E-state index in [1.54, 1.807) is 18.3 Å². The maximum atomic E-state index is 13.6. The topological polar surface area (TPSA) is 38.9 Å². The Morgan fingerprint density at radius 2 is 2.11 bits per heavy atom. The van der Waals surface area contributed by atoms with Gasteiger partial charge in [-0.15, -0.1) is 0 Å². The summed E-state index contributed by atoms with van der Waals surface area (Å²) in [6.45, 7) is 0. The number of aromatic nitrogens is 1. The van der Waals surface area contributed by atoms with Gasteiger partial charge in [0, 0.05) is 15.7 Å². The molecular formula is C13H11BrClFN2. The molecular weight excluding hydrogens is 319 g/mol. The Hall–Kier alpha value is -0.970. The molecule has 0 spiro atoms. The van der Waals surface area contributed by atoms with Crippen molar-refractivity contribution in [2.75, 3.05) is 0 Å². The number of pyridine rings is 1. The van der Waals surface area contributed by atoms with Crippen LogP contribution in [0, 0.1) is 5.82 Å². The predicted molar refractivity (Wildman–Crippen MR) is 74.0 cm³/mol. The van der Waals surface area contributed by atoms with Crippen molar-refractivity contribution in [2.24, 2.45) is 5.73 Å². The summed E-state index contributed by atoms with van der Waals surface area (Å²) in [5.41, 5.74) is 7.27. The molecule has 2 N–H and O–H groups in total. The highest BCUT2D eigenvalue weighted by Crippen LogP contribution is 2.20. The van der Waals surface area contributed by atoms with Crippen LogP contribution in [0.3, 0.4) is 0 Å². The number of rotatable bonds is 3. The summed E-state index contributed by atoms with van der Waals surface area (Å²) in [5.74, 6) is -0.338. The van der Waals surface area contributed by atoms with Gasteiger partial charge in [0.25, 0.3) is 0 Å². The minimum atomic E-state index is -0.339. The van der Waals surface area contributed by atoms with Crippen molar-refractivity contribution >= 4 is 27.5 Å². The lowest BCUT2D eigenvalue weighted by Gasteiger charge is -2.12. The molecule has 1 heterocycles. The first-order chi connectivity index (χ1) is 8.56. The van der Waals surface area contributed by atoms with E-state index in [4.69, 9.17) is 17.3 Å². The highest BCUT2D eigenvalue weighted by Gasteiger charge is 2.11. The molecule has 0 aliphatic rings. The van der Waals surface area contributed by atoms with Crippen molar-refractivity contribution in [3.8, 4) is 0 Å². The minimum Gasteiger partial charge on any atom is -0.322 e. The number of nitrogens with two attached hydrogens (primary N) is 1. The van der Waals surface area contributed by atoms with E-state index in [1.165, 1.54) is 6.07 Å². The third-order valence-corrected chi connectivity index (χ3v) is 3.29. The van der Waals surface area contributed by atoms with E-state index in [0.29, 0.717) is 17.0 Å². The lowest BCUT2D eigenvalue weighted by molar-refractivity contribution is 0.590. The van der Waals surface area contributed by atoms with Crippen LogP contribution in [-0.4, -0.2) is 4.98 Å². The largest absolute Gasteiger partial charge is 0.322 e. The van der Waals surface area contributed by atoms with Gasteiger partial charge in [-0.05, 0) is 52.2 Å². The Balaban J connectivity index is 2.15. The van der Waals surface area contributed by atoms with Crippen molar-refractivity contribution in [1.82, 2.24) is 4.98 Å². The lowest BCUT2D eigenvalue weighted by atomic mass is 10.0. The van der Waals surface area contributed by atoms with E-state index in [9.17, 15) is 4.39 Å². The lowest BCUT2D eigenvalue weighted by Crippen LogP contribution is -2.15. The normalized spacial score (nSPS) is 12.4. The van der Waals surface area contributed by atoms with E-state index in [-0.39, 0.29) is 11.9 Å². The van der Waals surface area contributed by atoms with Gasteiger partial charge in [0.05, 0.1) is 11.7 Å². The van der Waals surface area contributed by atoms with E-state index in [2.05, 4.69) is 20.9 Å². The molecule has 0 bridgehead atoms. The van der Waals surface area contributed by atoms with E-state index in [0.717, 1.165) is 10.2 Å². The highest BCUT2D eigenvalue weighted by molar-refractivity contribution is 9.10. The summed E-state index contributed by atoms with van der Waals surface area (Å²) >= 11 is 9.00. The average molecular weight is 330 g/mol. The van der Waals surface area contributed by atoms with Gasteiger partial charge in [-0.1, -0.05) is 17.7 Å². The average Bonchev–Trinajstić information content (AvgIpc) is 2.33. The monoisotopic (exact) mass is 328 g/mol. The molecule has 1 aromatic carbocycles. The summed E-state index contributed by atoms with van der Waals surface area (Å²) in [4.78, 5) is 4.20. The van der Waals surface area contributed by atoms with E-state index in [1.807, 2.05) is 12.1 Å². The van der Waals surface area contributed by atoms with Crippen LogP contribution >= 0.6 is 27.5 Å². The molecule has 0 saturated carbocycles. The van der Waals surface area contributed by atoms with Crippen molar-refractivity contribution in [3.63, 3.8) is 0 Å². The Labute approximate surface area is 118 Å². The van der Waals surface area contributed by atoms with Gasteiger partial charge in [-0.3, -0.25) is 4.98 Å². The molecule has 0 aliphatic carbocycles. The number of hydrogen-bond donors (Lipinski definition) is 1. The summed E-state index contributed by atoms with van der Waals surface area (Å²) < 4.78 is 14.5. The first-order valence-corrected chi connectivity index (χ1v) is 6.54. The Bertz CT molecular complexity index is 545. The van der Waals surface area contributed by atoms with Crippen LogP contribution in [0.4, 0.5) is 4.39 Å². The molecule has 0 saturated heterocycles. The summed E-state index contributed by atoms with van der Waals surface area (Å²) in [7, 11) is 0. The molecule has 0 aliphatic heterocycles. The van der Waals surface area contributed by atoms with Gasteiger partial charge in [-0.25, -0.2) is 4.39 Å². The highest BCUT2D eigenvalue weighted by atomic mass is 79.9. The Kier molecular flexibility index (Phi) is 4.32. The fraction of sp³-hybridized carbons (Fsp3) is 0.154. The van der Waals surface area contributed by atoms with Crippen LogP contribution in [0.1, 0.15) is 17.3 Å². The fourth-order valence-electron chi connectivity index (χ4n) is 1.64. The van der Waals surface area contributed by atoms with Crippen LogP contribution in [0.25, 0.3) is 0 Å². The maximum Gasteiger partial charge on any atom is 0.127 e. The second-order valence-corrected chi connectivity index (χ2v) is 5.30. The molecule has 18 heavy (non-hydrogen) atoms. The molecule has 1 aromatic heterocycles. The first-order valence-electron chi connectivity index (χ1n) is 5.37. The first kappa shape index (κ1) is 13.5. The molecule has 0 radical (unpaired) electrons. The molecule has 0 fully saturated rings. The zero-order valence-corrected chi connectivity index (χ0v) is 11.7. The van der Waals surface area contributed by atoms with Gasteiger partial charge in [0.2, 0.25) is 0 Å². The molecule has 1 atom stereocenters. The van der Waals surface area contributed by atoms with Crippen molar-refractivity contribution in [3.05, 3.63) is 63.1 Å². The van der Waals surface area contributed by atoms with Crippen LogP contribution in [-0.2, 0) is 6.42 Å². The molecule has 1 unspecified atom stereocenters. The number of halogens is 3. The molecule has 94 valence electrons. The molecule has 2 nitrogen and oxygen atoms in total. The van der Waals surface area contributed by atoms with Gasteiger partial charge in [0.15, 0.2) is 0 Å². The van der Waals surface area contributed by atoms with E-state index >= 15 is 0 Å². The van der Waals surface area contributed by atoms with Gasteiger partial charge in [-0.2, -0.15) is 0 Å². The predicted octanol–water partition coefficient (Wildman–Crippen LogP) is 3.88. The Morgan fingerprint density at radius 3 is 2.72 bits per heavy atom. The SMILES string of the molecule is NC(Cc1ccc(Cl)cc1F)c1ccc(Br)cn1. The minimum absolute atomic E-state index is 0.338. The second kappa shape index (κ2) is 5.78. The molecule has 2 aromatic rings. The maximum absolute atomic E-state index is 13.6. The van der Waals surface area contributed by atoms with Crippen LogP contribution in [0.2, 0.25) is 5.02 Å². The molecule has 2 rings (SSSR count). The number of hydrogen-bond acceptors (Lipinski definition) is 2. The van der Waals surface area contributed by atoms with Gasteiger partial charge < -0.3 is 5.73 Å². The summed E-state index contributed by atoms with van der Waals surface area (Å²) in [5, 5.41) is 0.381. The number of nitrogens with zero attached hydrogens (tertiary/aromatic N) is 1. The van der Waals surface area contributed by atoms with Crippen LogP contribution in [0.5, 0.6) is 0 Å². The van der Waals surface area contributed by atoms with Gasteiger partial charge in [0.1, 0.15) is 5.82 Å². The number of benzene rings is 1.